The summed E-state index contributed by atoms with van der Waals surface area (Å²) in [6.07, 6.45) is 2.77. The summed E-state index contributed by atoms with van der Waals surface area (Å²) in [6, 6.07) is 9.83. The van der Waals surface area contributed by atoms with Gasteiger partial charge in [-0.3, -0.25) is 4.79 Å². The molecule has 1 aromatic rings. The van der Waals surface area contributed by atoms with Crippen molar-refractivity contribution in [3.05, 3.63) is 35.4 Å². The fraction of sp³-hybridized carbons (Fsp3) is 0.385. The molecule has 74 valence electrons. The quantitative estimate of drug-likeness (QED) is 0.692. The van der Waals surface area contributed by atoms with E-state index in [1.807, 2.05) is 24.3 Å². The van der Waals surface area contributed by atoms with E-state index in [2.05, 4.69) is 6.07 Å². The maximum Gasteiger partial charge on any atom is 0.136 e. The van der Waals surface area contributed by atoms with E-state index < -0.39 is 0 Å². The Balaban J connectivity index is 1.96. The van der Waals surface area contributed by atoms with Crippen LogP contribution in [-0.4, -0.2) is 5.78 Å². The van der Waals surface area contributed by atoms with E-state index in [4.69, 9.17) is 5.26 Å². The van der Waals surface area contributed by atoms with Crippen molar-refractivity contribution in [2.75, 3.05) is 0 Å². The Hall–Kier alpha value is -1.62. The first-order valence-corrected chi connectivity index (χ1v) is 5.30. The molecule has 0 radical (unpaired) electrons. The zero-order valence-electron chi connectivity index (χ0n) is 8.36. The van der Waals surface area contributed by atoms with Crippen LogP contribution in [0.1, 0.15) is 30.4 Å². The van der Waals surface area contributed by atoms with E-state index in [-0.39, 0.29) is 11.3 Å². The van der Waals surface area contributed by atoms with Crippen molar-refractivity contribution in [2.45, 2.75) is 24.7 Å². The standard InChI is InChI=1S/C13H11NO/c14-8-9-1-3-10(4-2-9)13-6-5-12(15)11(13)7-13/h1-4,11H,5-7H2. The summed E-state index contributed by atoms with van der Waals surface area (Å²) in [5.74, 6) is 0.713. The van der Waals surface area contributed by atoms with Crippen LogP contribution in [0.5, 0.6) is 0 Å². The molecule has 3 rings (SSSR count). The molecule has 2 aliphatic rings. The zero-order valence-corrected chi connectivity index (χ0v) is 8.36. The number of nitrogens with zero attached hydrogens (tertiary/aromatic N) is 1. The molecule has 0 spiro atoms. The van der Waals surface area contributed by atoms with E-state index >= 15 is 0 Å². The Morgan fingerprint density at radius 1 is 1.33 bits per heavy atom. The van der Waals surface area contributed by atoms with E-state index in [0.717, 1.165) is 19.3 Å². The molecule has 2 atom stereocenters. The Bertz CT molecular complexity index is 468. The molecule has 0 N–H and O–H groups in total. The van der Waals surface area contributed by atoms with E-state index in [9.17, 15) is 4.79 Å². The maximum atomic E-state index is 11.5. The lowest BCUT2D eigenvalue weighted by molar-refractivity contribution is -0.119. The van der Waals surface area contributed by atoms with E-state index in [1.54, 1.807) is 0 Å². The third-order valence-corrected chi connectivity index (χ3v) is 3.87. The number of nitriles is 1. The second-order valence-electron chi connectivity index (χ2n) is 4.57. The highest BCUT2D eigenvalue weighted by Crippen LogP contribution is 2.62. The Morgan fingerprint density at radius 2 is 2.07 bits per heavy atom. The molecule has 2 aliphatic carbocycles. The van der Waals surface area contributed by atoms with Gasteiger partial charge in [-0.25, -0.2) is 0 Å². The fourth-order valence-corrected chi connectivity index (χ4v) is 2.86. The summed E-state index contributed by atoms with van der Waals surface area (Å²) in [6.45, 7) is 0. The number of Topliss-reactive ketones (excluding diaryl/α,β-unsaturated/α-hetero) is 1. The Labute approximate surface area is 88.5 Å². The lowest BCUT2D eigenvalue weighted by Gasteiger charge is -2.10. The molecule has 1 aromatic carbocycles. The van der Waals surface area contributed by atoms with Crippen LogP contribution < -0.4 is 0 Å². The highest BCUT2D eigenvalue weighted by Gasteiger charge is 2.62. The van der Waals surface area contributed by atoms with Crippen molar-refractivity contribution in [3.63, 3.8) is 0 Å². The number of hydrogen-bond acceptors (Lipinski definition) is 2. The van der Waals surface area contributed by atoms with Crippen molar-refractivity contribution in [3.8, 4) is 6.07 Å². The van der Waals surface area contributed by atoms with E-state index in [0.29, 0.717) is 11.3 Å². The van der Waals surface area contributed by atoms with Gasteiger partial charge in [0.05, 0.1) is 11.6 Å². The second kappa shape index (κ2) is 2.70. The summed E-state index contributed by atoms with van der Waals surface area (Å²) in [4.78, 5) is 11.5. The molecule has 0 aliphatic heterocycles. The number of hydrogen-bond donors (Lipinski definition) is 0. The average Bonchev–Trinajstić information content (AvgIpc) is 2.95. The van der Waals surface area contributed by atoms with Crippen molar-refractivity contribution in [2.24, 2.45) is 5.92 Å². The van der Waals surface area contributed by atoms with Gasteiger partial charge in [-0.05, 0) is 30.5 Å². The third-order valence-electron chi connectivity index (χ3n) is 3.87. The highest BCUT2D eigenvalue weighted by atomic mass is 16.1. The minimum Gasteiger partial charge on any atom is -0.299 e. The summed E-state index contributed by atoms with van der Waals surface area (Å²) in [7, 11) is 0. The van der Waals surface area contributed by atoms with Gasteiger partial charge >= 0.3 is 0 Å². The molecule has 2 unspecified atom stereocenters. The molecular formula is C13H11NO. The molecule has 0 saturated heterocycles. The van der Waals surface area contributed by atoms with Crippen LogP contribution in [0, 0.1) is 17.2 Å². The lowest BCUT2D eigenvalue weighted by atomic mass is 9.93. The number of rotatable bonds is 1. The van der Waals surface area contributed by atoms with Gasteiger partial charge < -0.3 is 0 Å². The van der Waals surface area contributed by atoms with Gasteiger partial charge in [0.1, 0.15) is 5.78 Å². The molecule has 0 aromatic heterocycles. The fourth-order valence-electron chi connectivity index (χ4n) is 2.86. The largest absolute Gasteiger partial charge is 0.299 e. The Kier molecular flexibility index (Phi) is 1.56. The van der Waals surface area contributed by atoms with Crippen LogP contribution in [0.2, 0.25) is 0 Å². The van der Waals surface area contributed by atoms with Gasteiger partial charge in [0.2, 0.25) is 0 Å². The SMILES string of the molecule is N#Cc1ccc(C23CCC(=O)C2C3)cc1. The molecule has 2 nitrogen and oxygen atoms in total. The van der Waals surface area contributed by atoms with Crippen LogP contribution in [0.25, 0.3) is 0 Å². The van der Waals surface area contributed by atoms with Crippen LogP contribution in [-0.2, 0) is 10.2 Å². The predicted octanol–water partition coefficient (Wildman–Crippen LogP) is 2.18. The van der Waals surface area contributed by atoms with Gasteiger partial charge in [-0.1, -0.05) is 12.1 Å². The van der Waals surface area contributed by atoms with Gasteiger partial charge in [-0.15, -0.1) is 0 Å². The van der Waals surface area contributed by atoms with Gasteiger partial charge in [0, 0.05) is 17.8 Å². The topological polar surface area (TPSA) is 40.9 Å². The van der Waals surface area contributed by atoms with Gasteiger partial charge in [0.15, 0.2) is 0 Å². The van der Waals surface area contributed by atoms with Crippen LogP contribution >= 0.6 is 0 Å². The van der Waals surface area contributed by atoms with Crippen molar-refractivity contribution in [1.82, 2.24) is 0 Å². The highest BCUT2D eigenvalue weighted by molar-refractivity contribution is 5.89. The second-order valence-corrected chi connectivity index (χ2v) is 4.57. The van der Waals surface area contributed by atoms with Crippen molar-refractivity contribution >= 4 is 5.78 Å². The van der Waals surface area contributed by atoms with Crippen molar-refractivity contribution < 1.29 is 4.79 Å². The molecule has 2 fully saturated rings. The Morgan fingerprint density at radius 3 is 2.53 bits per heavy atom. The molecule has 0 amide bonds. The molecule has 0 heterocycles. The van der Waals surface area contributed by atoms with Crippen LogP contribution in [0.15, 0.2) is 24.3 Å². The predicted molar refractivity (Wildman–Crippen MR) is 55.2 cm³/mol. The first kappa shape index (κ1) is 8.67. The maximum absolute atomic E-state index is 11.5. The average molecular weight is 197 g/mol. The lowest BCUT2D eigenvalue weighted by Crippen LogP contribution is -2.04. The summed E-state index contributed by atoms with van der Waals surface area (Å²) in [5, 5.41) is 8.71. The number of carbonyl (C=O) groups is 1. The summed E-state index contributed by atoms with van der Waals surface area (Å²) >= 11 is 0. The number of fused-ring (bicyclic) bond motifs is 1. The minimum atomic E-state index is 0.158. The monoisotopic (exact) mass is 197 g/mol. The molecule has 0 bridgehead atoms. The molecule has 15 heavy (non-hydrogen) atoms. The van der Waals surface area contributed by atoms with E-state index in [1.165, 1.54) is 5.56 Å². The van der Waals surface area contributed by atoms with Crippen LogP contribution in [0.3, 0.4) is 0 Å². The molecule has 2 heteroatoms. The van der Waals surface area contributed by atoms with Gasteiger partial charge in [0.25, 0.3) is 0 Å². The van der Waals surface area contributed by atoms with Crippen molar-refractivity contribution in [1.29, 1.82) is 5.26 Å². The van der Waals surface area contributed by atoms with Crippen LogP contribution in [0.4, 0.5) is 0 Å². The third kappa shape index (κ3) is 1.07. The number of ketones is 1. The number of carbonyl (C=O) groups excluding carboxylic acids is 1. The first-order chi connectivity index (χ1) is 7.26. The molecule has 2 saturated carbocycles. The zero-order chi connectivity index (χ0) is 10.5. The normalized spacial score (nSPS) is 32.2. The minimum absolute atomic E-state index is 0.158. The smallest absolute Gasteiger partial charge is 0.136 e. The van der Waals surface area contributed by atoms with Gasteiger partial charge in [-0.2, -0.15) is 5.26 Å². The number of benzene rings is 1. The molecular weight excluding hydrogens is 186 g/mol. The summed E-state index contributed by atoms with van der Waals surface area (Å²) < 4.78 is 0. The first-order valence-electron chi connectivity index (χ1n) is 5.30. The summed E-state index contributed by atoms with van der Waals surface area (Å²) in [5.41, 5.74) is 2.10.